The van der Waals surface area contributed by atoms with Crippen molar-refractivity contribution >= 4 is 22.7 Å². The van der Waals surface area contributed by atoms with Gasteiger partial charge in [0, 0.05) is 5.39 Å². The van der Waals surface area contributed by atoms with Gasteiger partial charge in [0.05, 0.1) is 6.20 Å². The molecule has 7 nitrogen and oxygen atoms in total. The Morgan fingerprint density at radius 2 is 2.14 bits per heavy atom. The second kappa shape index (κ2) is 4.61. The van der Waals surface area contributed by atoms with Gasteiger partial charge in [-0.1, -0.05) is 18.2 Å². The van der Waals surface area contributed by atoms with Crippen LogP contribution in [0.3, 0.4) is 0 Å². The van der Waals surface area contributed by atoms with Crippen LogP contribution in [-0.2, 0) is 0 Å². The molecular formula is C14H8N4O3. The predicted octanol–water partition coefficient (Wildman–Crippen LogP) is 1.13. The highest BCUT2D eigenvalue weighted by atomic mass is 16.4. The van der Waals surface area contributed by atoms with Crippen LogP contribution < -0.4 is 11.4 Å². The third-order valence-electron chi connectivity index (χ3n) is 2.99. The summed E-state index contributed by atoms with van der Waals surface area (Å²) in [6, 6.07) is 10.0. The lowest BCUT2D eigenvalue weighted by Crippen LogP contribution is -2.22. The van der Waals surface area contributed by atoms with E-state index < -0.39 is 11.5 Å². The molecule has 0 aliphatic rings. The van der Waals surface area contributed by atoms with Gasteiger partial charge in [-0.15, -0.1) is 0 Å². The van der Waals surface area contributed by atoms with Gasteiger partial charge in [-0.25, -0.2) is 4.79 Å². The summed E-state index contributed by atoms with van der Waals surface area (Å²) < 4.78 is 5.89. The molecule has 0 fully saturated rings. The number of nitrogen functional groups attached to an aromatic ring is 1. The van der Waals surface area contributed by atoms with Gasteiger partial charge in [0.25, 0.3) is 5.91 Å². The van der Waals surface area contributed by atoms with Crippen LogP contribution in [0.5, 0.6) is 0 Å². The molecule has 1 aromatic carbocycles. The van der Waals surface area contributed by atoms with Gasteiger partial charge in [-0.05, 0) is 12.1 Å². The maximum atomic E-state index is 12.3. The molecule has 2 aromatic heterocycles. The van der Waals surface area contributed by atoms with Gasteiger partial charge in [0.2, 0.25) is 0 Å². The lowest BCUT2D eigenvalue weighted by molar-refractivity contribution is 0.0944. The largest absolute Gasteiger partial charge is 0.422 e. The minimum atomic E-state index is -0.785. The third kappa shape index (κ3) is 1.95. The lowest BCUT2D eigenvalue weighted by atomic mass is 10.2. The smallest absolute Gasteiger partial charge is 0.349 e. The number of aromatic nitrogens is 2. The quantitative estimate of drug-likeness (QED) is 0.668. The van der Waals surface area contributed by atoms with Gasteiger partial charge in [-0.3, -0.25) is 4.79 Å². The third-order valence-corrected chi connectivity index (χ3v) is 2.99. The summed E-state index contributed by atoms with van der Waals surface area (Å²) in [5, 5.41) is 13.1. The first-order valence-electron chi connectivity index (χ1n) is 5.93. The van der Waals surface area contributed by atoms with Crippen molar-refractivity contribution in [1.29, 1.82) is 5.26 Å². The van der Waals surface area contributed by atoms with E-state index in [4.69, 9.17) is 15.4 Å². The summed E-state index contributed by atoms with van der Waals surface area (Å²) in [6.07, 6.45) is 1.16. The molecule has 0 amide bonds. The number of benzene rings is 1. The van der Waals surface area contributed by atoms with Crippen molar-refractivity contribution in [2.45, 2.75) is 0 Å². The number of nitriles is 1. The number of anilines is 1. The molecule has 7 heteroatoms. The van der Waals surface area contributed by atoms with Crippen molar-refractivity contribution in [3.63, 3.8) is 0 Å². The zero-order chi connectivity index (χ0) is 15.0. The molecular weight excluding hydrogens is 272 g/mol. The average molecular weight is 280 g/mol. The monoisotopic (exact) mass is 280 g/mol. The van der Waals surface area contributed by atoms with Gasteiger partial charge < -0.3 is 10.2 Å². The molecule has 0 radical (unpaired) electrons. The number of nitrogens with zero attached hydrogens (tertiary/aromatic N) is 3. The van der Waals surface area contributed by atoms with Crippen LogP contribution in [0.4, 0.5) is 5.82 Å². The first-order valence-corrected chi connectivity index (χ1v) is 5.93. The molecule has 0 atom stereocenters. The summed E-state index contributed by atoms with van der Waals surface area (Å²) >= 11 is 0. The van der Waals surface area contributed by atoms with Crippen LogP contribution in [0.15, 0.2) is 45.7 Å². The summed E-state index contributed by atoms with van der Waals surface area (Å²) in [5.74, 6) is -0.858. The van der Waals surface area contributed by atoms with E-state index in [0.29, 0.717) is 11.0 Å². The van der Waals surface area contributed by atoms with Gasteiger partial charge in [-0.2, -0.15) is 15.0 Å². The second-order valence-corrected chi connectivity index (χ2v) is 4.26. The van der Waals surface area contributed by atoms with Gasteiger partial charge >= 0.3 is 5.63 Å². The molecule has 0 saturated heterocycles. The van der Waals surface area contributed by atoms with Crippen molar-refractivity contribution in [2.24, 2.45) is 0 Å². The number of fused-ring (bicyclic) bond motifs is 1. The Kier molecular flexibility index (Phi) is 2.77. The molecule has 0 spiro atoms. The molecule has 0 aliphatic carbocycles. The number of carbonyl (C=O) groups excluding carboxylic acids is 1. The molecule has 102 valence electrons. The summed E-state index contributed by atoms with van der Waals surface area (Å²) in [7, 11) is 0. The normalized spacial score (nSPS) is 10.4. The summed E-state index contributed by atoms with van der Waals surface area (Å²) in [6.45, 7) is 0. The standard InChI is InChI=1S/C14H8N4O3/c15-6-9-7-17-18(12(9)16)13(19)10-5-8-3-1-2-4-11(8)21-14(10)20/h1-5,7H,16H2. The van der Waals surface area contributed by atoms with Crippen molar-refractivity contribution in [3.8, 4) is 6.07 Å². The SMILES string of the molecule is N#Cc1cnn(C(=O)c2cc3ccccc3oc2=O)c1N. The highest BCUT2D eigenvalue weighted by molar-refractivity contribution is 5.99. The van der Waals surface area contributed by atoms with Crippen molar-refractivity contribution in [3.05, 3.63) is 58.1 Å². The Hall–Kier alpha value is -3.40. The number of hydrogen-bond donors (Lipinski definition) is 1. The van der Waals surface area contributed by atoms with E-state index in [2.05, 4.69) is 5.10 Å². The topological polar surface area (TPSA) is 115 Å². The molecule has 21 heavy (non-hydrogen) atoms. The minimum absolute atomic E-state index is 0.0635. The van der Waals surface area contributed by atoms with Crippen molar-refractivity contribution < 1.29 is 9.21 Å². The molecule has 0 unspecified atom stereocenters. The van der Waals surface area contributed by atoms with Gasteiger partial charge in [0.15, 0.2) is 0 Å². The maximum absolute atomic E-state index is 12.3. The minimum Gasteiger partial charge on any atom is -0.422 e. The number of hydrogen-bond acceptors (Lipinski definition) is 6. The number of nitrogens with two attached hydrogens (primary N) is 1. The Morgan fingerprint density at radius 3 is 2.86 bits per heavy atom. The maximum Gasteiger partial charge on any atom is 0.349 e. The fourth-order valence-electron chi connectivity index (χ4n) is 1.93. The summed E-state index contributed by atoms with van der Waals surface area (Å²) in [5.41, 5.74) is 5.10. The average Bonchev–Trinajstić information content (AvgIpc) is 2.86. The molecule has 0 saturated carbocycles. The summed E-state index contributed by atoms with van der Waals surface area (Å²) in [4.78, 5) is 24.2. The van der Waals surface area contributed by atoms with Crippen LogP contribution in [0, 0.1) is 11.3 Å². The fraction of sp³-hybridized carbons (Fsp3) is 0. The number of carbonyl (C=O) groups is 1. The van der Waals surface area contributed by atoms with E-state index >= 15 is 0 Å². The van der Waals surface area contributed by atoms with E-state index in [0.717, 1.165) is 10.9 Å². The lowest BCUT2D eigenvalue weighted by Gasteiger charge is -2.03. The zero-order valence-electron chi connectivity index (χ0n) is 10.6. The molecule has 3 aromatic rings. The number of para-hydroxylation sites is 1. The molecule has 0 bridgehead atoms. The Morgan fingerprint density at radius 1 is 1.38 bits per heavy atom. The van der Waals surface area contributed by atoms with Crippen LogP contribution in [0.2, 0.25) is 0 Å². The Balaban J connectivity index is 2.18. The Labute approximate surface area is 117 Å². The van der Waals surface area contributed by atoms with E-state index in [-0.39, 0.29) is 16.9 Å². The molecule has 2 N–H and O–H groups in total. The first kappa shape index (κ1) is 12.6. The highest BCUT2D eigenvalue weighted by Gasteiger charge is 2.20. The molecule has 3 rings (SSSR count). The van der Waals surface area contributed by atoms with E-state index in [1.54, 1.807) is 30.3 Å². The second-order valence-electron chi connectivity index (χ2n) is 4.26. The van der Waals surface area contributed by atoms with Crippen LogP contribution >= 0.6 is 0 Å². The van der Waals surface area contributed by atoms with Gasteiger partial charge in [0.1, 0.15) is 28.6 Å². The van der Waals surface area contributed by atoms with E-state index in [1.165, 1.54) is 6.07 Å². The van der Waals surface area contributed by atoms with Crippen molar-refractivity contribution in [1.82, 2.24) is 9.78 Å². The predicted molar refractivity (Wildman–Crippen MR) is 73.6 cm³/mol. The van der Waals surface area contributed by atoms with Crippen LogP contribution in [-0.4, -0.2) is 15.7 Å². The Bertz CT molecular complexity index is 962. The van der Waals surface area contributed by atoms with Crippen LogP contribution in [0.25, 0.3) is 11.0 Å². The molecule has 2 heterocycles. The van der Waals surface area contributed by atoms with Crippen molar-refractivity contribution in [2.75, 3.05) is 5.73 Å². The fourth-order valence-corrected chi connectivity index (χ4v) is 1.93. The zero-order valence-corrected chi connectivity index (χ0v) is 10.6. The van der Waals surface area contributed by atoms with Crippen LogP contribution in [0.1, 0.15) is 15.9 Å². The van der Waals surface area contributed by atoms with E-state index in [9.17, 15) is 9.59 Å². The molecule has 0 aliphatic heterocycles. The highest BCUT2D eigenvalue weighted by Crippen LogP contribution is 2.15. The number of rotatable bonds is 1. The van der Waals surface area contributed by atoms with E-state index in [1.807, 2.05) is 0 Å². The first-order chi connectivity index (χ1) is 10.1.